The summed E-state index contributed by atoms with van der Waals surface area (Å²) in [7, 11) is -2.40. The SMILES string of the molecule is CN(CC(=O)NCc1nc(-c2ccc(Cl)cc2)no1)S(=O)(=O)c1ccccc1. The molecule has 0 spiro atoms. The Morgan fingerprint density at radius 2 is 1.82 bits per heavy atom. The number of aromatic nitrogens is 2. The molecule has 0 atom stereocenters. The molecule has 0 bridgehead atoms. The van der Waals surface area contributed by atoms with Crippen molar-refractivity contribution in [3.63, 3.8) is 0 Å². The van der Waals surface area contributed by atoms with Gasteiger partial charge in [-0.25, -0.2) is 8.42 Å². The number of sulfonamides is 1. The molecule has 1 aromatic heterocycles. The Morgan fingerprint density at radius 3 is 2.50 bits per heavy atom. The fraction of sp³-hybridized carbons (Fsp3) is 0.167. The van der Waals surface area contributed by atoms with Crippen LogP contribution in [-0.2, 0) is 21.4 Å². The Morgan fingerprint density at radius 1 is 1.14 bits per heavy atom. The van der Waals surface area contributed by atoms with Gasteiger partial charge in [-0.1, -0.05) is 35.0 Å². The maximum atomic E-state index is 12.4. The molecule has 0 aliphatic rings. The van der Waals surface area contributed by atoms with E-state index in [1.54, 1.807) is 42.5 Å². The smallest absolute Gasteiger partial charge is 0.246 e. The van der Waals surface area contributed by atoms with Gasteiger partial charge in [-0.05, 0) is 36.4 Å². The summed E-state index contributed by atoms with van der Waals surface area (Å²) in [6.45, 7) is -0.353. The summed E-state index contributed by atoms with van der Waals surface area (Å²) in [5.74, 6) is 0.0739. The molecule has 1 heterocycles. The van der Waals surface area contributed by atoms with Crippen LogP contribution in [0.3, 0.4) is 0 Å². The number of likely N-dealkylation sites (N-methyl/N-ethyl adjacent to an activating group) is 1. The second kappa shape index (κ2) is 8.51. The van der Waals surface area contributed by atoms with Gasteiger partial charge in [0.1, 0.15) is 0 Å². The van der Waals surface area contributed by atoms with E-state index in [0.29, 0.717) is 10.8 Å². The summed E-state index contributed by atoms with van der Waals surface area (Å²) in [5.41, 5.74) is 0.722. The average Bonchev–Trinajstić information content (AvgIpc) is 3.16. The van der Waals surface area contributed by atoms with E-state index >= 15 is 0 Å². The third kappa shape index (κ3) is 4.75. The summed E-state index contributed by atoms with van der Waals surface area (Å²) in [4.78, 5) is 16.4. The molecular formula is C18H17ClN4O4S. The predicted octanol–water partition coefficient (Wildman–Crippen LogP) is 2.33. The Hall–Kier alpha value is -2.75. The van der Waals surface area contributed by atoms with E-state index in [2.05, 4.69) is 15.5 Å². The third-order valence-corrected chi connectivity index (χ3v) is 5.89. The molecule has 0 radical (unpaired) electrons. The van der Waals surface area contributed by atoms with Crippen molar-refractivity contribution >= 4 is 27.5 Å². The minimum atomic E-state index is -3.74. The number of carbonyl (C=O) groups excluding carboxylic acids is 1. The van der Waals surface area contributed by atoms with E-state index in [9.17, 15) is 13.2 Å². The molecule has 0 unspecified atom stereocenters. The first kappa shape index (κ1) is 20.0. The summed E-state index contributed by atoms with van der Waals surface area (Å²) in [6.07, 6.45) is 0. The molecule has 28 heavy (non-hydrogen) atoms. The number of amides is 1. The first-order valence-corrected chi connectivity index (χ1v) is 10.0. The fourth-order valence-corrected chi connectivity index (χ4v) is 3.61. The minimum Gasteiger partial charge on any atom is -0.346 e. The van der Waals surface area contributed by atoms with Crippen LogP contribution in [0.5, 0.6) is 0 Å². The van der Waals surface area contributed by atoms with Crippen molar-refractivity contribution in [1.29, 1.82) is 0 Å². The quantitative estimate of drug-likeness (QED) is 0.628. The number of benzene rings is 2. The molecule has 0 fully saturated rings. The van der Waals surface area contributed by atoms with Gasteiger partial charge in [0.2, 0.25) is 27.6 Å². The lowest BCUT2D eigenvalue weighted by Crippen LogP contribution is -2.38. The maximum Gasteiger partial charge on any atom is 0.246 e. The van der Waals surface area contributed by atoms with Gasteiger partial charge in [0, 0.05) is 17.6 Å². The van der Waals surface area contributed by atoms with Crippen LogP contribution in [-0.4, -0.2) is 42.4 Å². The van der Waals surface area contributed by atoms with Crippen LogP contribution in [0.4, 0.5) is 0 Å². The highest BCUT2D eigenvalue weighted by molar-refractivity contribution is 7.89. The standard InChI is InChI=1S/C18H17ClN4O4S/c1-23(28(25,26)15-5-3-2-4-6-15)12-16(24)20-11-17-21-18(22-27-17)13-7-9-14(19)10-8-13/h2-10H,11-12H2,1H3,(H,20,24). The normalized spacial score (nSPS) is 11.5. The Labute approximate surface area is 167 Å². The lowest BCUT2D eigenvalue weighted by Gasteiger charge is -2.16. The highest BCUT2D eigenvalue weighted by Crippen LogP contribution is 2.18. The molecule has 0 aliphatic heterocycles. The lowest BCUT2D eigenvalue weighted by atomic mass is 10.2. The van der Waals surface area contributed by atoms with Crippen LogP contribution in [0.25, 0.3) is 11.4 Å². The molecule has 10 heteroatoms. The molecule has 1 N–H and O–H groups in total. The van der Waals surface area contributed by atoms with Gasteiger partial charge < -0.3 is 9.84 Å². The van der Waals surface area contributed by atoms with Crippen molar-refractivity contribution in [2.75, 3.05) is 13.6 Å². The summed E-state index contributed by atoms with van der Waals surface area (Å²) < 4.78 is 30.9. The topological polar surface area (TPSA) is 105 Å². The average molecular weight is 421 g/mol. The van der Waals surface area contributed by atoms with E-state index < -0.39 is 15.9 Å². The highest BCUT2D eigenvalue weighted by atomic mass is 35.5. The van der Waals surface area contributed by atoms with Crippen LogP contribution < -0.4 is 5.32 Å². The van der Waals surface area contributed by atoms with E-state index in [1.165, 1.54) is 19.2 Å². The van der Waals surface area contributed by atoms with Crippen molar-refractivity contribution in [1.82, 2.24) is 19.8 Å². The minimum absolute atomic E-state index is 0.0152. The van der Waals surface area contributed by atoms with Crippen LogP contribution in [0.15, 0.2) is 64.0 Å². The van der Waals surface area contributed by atoms with E-state index in [0.717, 1.165) is 9.87 Å². The molecule has 8 nitrogen and oxygen atoms in total. The van der Waals surface area contributed by atoms with Gasteiger partial charge in [0.15, 0.2) is 0 Å². The van der Waals surface area contributed by atoms with Crippen molar-refractivity contribution in [2.24, 2.45) is 0 Å². The molecule has 146 valence electrons. The van der Waals surface area contributed by atoms with Crippen molar-refractivity contribution in [2.45, 2.75) is 11.4 Å². The Kier molecular flexibility index (Phi) is 6.08. The lowest BCUT2D eigenvalue weighted by molar-refractivity contribution is -0.121. The second-order valence-electron chi connectivity index (χ2n) is 5.87. The first-order chi connectivity index (χ1) is 13.4. The first-order valence-electron chi connectivity index (χ1n) is 8.23. The summed E-state index contributed by atoms with van der Waals surface area (Å²) >= 11 is 5.84. The number of nitrogens with zero attached hydrogens (tertiary/aromatic N) is 3. The van der Waals surface area contributed by atoms with E-state index in [-0.39, 0.29) is 23.9 Å². The molecule has 3 aromatic rings. The molecular weight excluding hydrogens is 404 g/mol. The zero-order valence-electron chi connectivity index (χ0n) is 14.9. The largest absolute Gasteiger partial charge is 0.346 e. The van der Waals surface area contributed by atoms with Gasteiger partial charge >= 0.3 is 0 Å². The zero-order chi connectivity index (χ0) is 20.1. The molecule has 1 amide bonds. The number of halogens is 1. The van der Waals surface area contributed by atoms with E-state index in [1.807, 2.05) is 0 Å². The molecule has 0 saturated heterocycles. The molecule has 0 aliphatic carbocycles. The van der Waals surface area contributed by atoms with Crippen LogP contribution in [0.1, 0.15) is 5.89 Å². The predicted molar refractivity (Wildman–Crippen MR) is 103 cm³/mol. The maximum absolute atomic E-state index is 12.4. The number of hydrogen-bond acceptors (Lipinski definition) is 6. The number of carbonyl (C=O) groups is 1. The van der Waals surface area contributed by atoms with Crippen LogP contribution in [0.2, 0.25) is 5.02 Å². The number of hydrogen-bond donors (Lipinski definition) is 1. The van der Waals surface area contributed by atoms with E-state index in [4.69, 9.17) is 16.1 Å². The summed E-state index contributed by atoms with van der Waals surface area (Å²) in [6, 6.07) is 14.8. The van der Waals surface area contributed by atoms with Gasteiger partial charge in [0.05, 0.1) is 18.0 Å². The third-order valence-electron chi connectivity index (χ3n) is 3.82. The van der Waals surface area contributed by atoms with Crippen LogP contribution >= 0.6 is 11.6 Å². The van der Waals surface area contributed by atoms with Gasteiger partial charge in [-0.2, -0.15) is 9.29 Å². The summed E-state index contributed by atoms with van der Waals surface area (Å²) in [5, 5.41) is 7.00. The molecule has 3 rings (SSSR count). The second-order valence-corrected chi connectivity index (χ2v) is 8.35. The number of rotatable bonds is 7. The van der Waals surface area contributed by atoms with Gasteiger partial charge in [-0.15, -0.1) is 0 Å². The Bertz CT molecular complexity index is 1050. The van der Waals surface area contributed by atoms with Crippen molar-refractivity contribution in [3.8, 4) is 11.4 Å². The van der Waals surface area contributed by atoms with Gasteiger partial charge in [0.25, 0.3) is 0 Å². The van der Waals surface area contributed by atoms with Gasteiger partial charge in [-0.3, -0.25) is 4.79 Å². The fourth-order valence-electron chi connectivity index (χ4n) is 2.33. The van der Waals surface area contributed by atoms with Crippen molar-refractivity contribution < 1.29 is 17.7 Å². The molecule has 2 aromatic carbocycles. The van der Waals surface area contributed by atoms with Crippen LogP contribution in [0, 0.1) is 0 Å². The highest BCUT2D eigenvalue weighted by Gasteiger charge is 2.22. The monoisotopic (exact) mass is 420 g/mol. The Balaban J connectivity index is 1.57. The number of nitrogens with one attached hydrogen (secondary N) is 1. The zero-order valence-corrected chi connectivity index (χ0v) is 16.4. The molecule has 0 saturated carbocycles. The van der Waals surface area contributed by atoms with Crippen molar-refractivity contribution in [3.05, 3.63) is 65.5 Å².